The average molecular weight is 331 g/mol. The lowest BCUT2D eigenvalue weighted by molar-refractivity contribution is -0.140. The zero-order valence-electron chi connectivity index (χ0n) is 13.4. The molecule has 9 heteroatoms. The van der Waals surface area contributed by atoms with Crippen molar-refractivity contribution in [1.82, 2.24) is 20.2 Å². The third kappa shape index (κ3) is 2.57. The molecular weight excluding hydrogens is 314 g/mol. The van der Waals surface area contributed by atoms with Gasteiger partial charge in [-0.05, 0) is 34.0 Å². The molecule has 1 amide bonds. The second kappa shape index (κ2) is 5.59. The number of amides is 1. The smallest absolute Gasteiger partial charge is 0.307 e. The van der Waals surface area contributed by atoms with E-state index in [4.69, 9.17) is 4.74 Å². The van der Waals surface area contributed by atoms with Crippen molar-refractivity contribution in [2.24, 2.45) is 17.3 Å². The van der Waals surface area contributed by atoms with Crippen molar-refractivity contribution in [2.45, 2.75) is 13.8 Å². The van der Waals surface area contributed by atoms with Crippen LogP contribution in [-0.2, 0) is 9.59 Å². The van der Waals surface area contributed by atoms with Gasteiger partial charge in [-0.3, -0.25) is 9.59 Å². The molecule has 0 bridgehead atoms. The molecule has 1 heterocycles. The van der Waals surface area contributed by atoms with Crippen LogP contribution in [0.5, 0.6) is 5.75 Å². The molecule has 9 nitrogen and oxygen atoms in total. The van der Waals surface area contributed by atoms with Gasteiger partial charge in [-0.15, -0.1) is 5.10 Å². The fraction of sp³-hybridized carbons (Fsp3) is 0.400. The number of nitrogens with one attached hydrogen (secondary N) is 1. The number of benzene rings is 1. The Morgan fingerprint density at radius 3 is 2.62 bits per heavy atom. The molecule has 0 spiro atoms. The normalized spacial score (nSPS) is 21.1. The summed E-state index contributed by atoms with van der Waals surface area (Å²) in [6.45, 7) is 3.55. The summed E-state index contributed by atoms with van der Waals surface area (Å²) >= 11 is 0. The second-order valence-corrected chi connectivity index (χ2v) is 6.25. The molecule has 1 aliphatic rings. The van der Waals surface area contributed by atoms with Gasteiger partial charge in [0.15, 0.2) is 0 Å². The summed E-state index contributed by atoms with van der Waals surface area (Å²) in [5.74, 6) is -1.97. The van der Waals surface area contributed by atoms with E-state index in [0.717, 1.165) is 0 Å². The predicted molar refractivity (Wildman–Crippen MR) is 82.7 cm³/mol. The van der Waals surface area contributed by atoms with Crippen molar-refractivity contribution >= 4 is 17.6 Å². The number of aromatic nitrogens is 4. The maximum Gasteiger partial charge on any atom is 0.307 e. The summed E-state index contributed by atoms with van der Waals surface area (Å²) in [7, 11) is 1.52. The molecule has 0 saturated heterocycles. The Balaban J connectivity index is 1.83. The molecule has 0 radical (unpaired) electrons. The highest BCUT2D eigenvalue weighted by Crippen LogP contribution is 2.58. The van der Waals surface area contributed by atoms with Crippen molar-refractivity contribution in [3.8, 4) is 11.4 Å². The first kappa shape index (κ1) is 15.9. The van der Waals surface area contributed by atoms with Crippen LogP contribution < -0.4 is 10.1 Å². The molecule has 1 aromatic carbocycles. The summed E-state index contributed by atoms with van der Waals surface area (Å²) < 4.78 is 6.68. The van der Waals surface area contributed by atoms with Crippen molar-refractivity contribution in [2.75, 3.05) is 12.4 Å². The Morgan fingerprint density at radius 1 is 1.33 bits per heavy atom. The molecule has 2 aromatic rings. The number of rotatable bonds is 5. The van der Waals surface area contributed by atoms with Crippen molar-refractivity contribution in [3.63, 3.8) is 0 Å². The minimum Gasteiger partial charge on any atom is -0.494 e. The third-order valence-electron chi connectivity index (χ3n) is 4.42. The van der Waals surface area contributed by atoms with Gasteiger partial charge in [0.25, 0.3) is 0 Å². The largest absolute Gasteiger partial charge is 0.494 e. The Hall–Kier alpha value is -2.97. The predicted octanol–water partition coefficient (Wildman–Crippen LogP) is 0.966. The number of tetrazole rings is 1. The molecule has 24 heavy (non-hydrogen) atoms. The van der Waals surface area contributed by atoms with Crippen LogP contribution in [0.4, 0.5) is 5.69 Å². The zero-order valence-corrected chi connectivity index (χ0v) is 13.4. The Morgan fingerprint density at radius 2 is 2.08 bits per heavy atom. The van der Waals surface area contributed by atoms with Crippen LogP contribution in [0.25, 0.3) is 5.69 Å². The fourth-order valence-electron chi connectivity index (χ4n) is 3.03. The van der Waals surface area contributed by atoms with E-state index in [-0.39, 0.29) is 5.91 Å². The molecule has 1 fully saturated rings. The van der Waals surface area contributed by atoms with Crippen LogP contribution in [-0.4, -0.2) is 44.3 Å². The molecule has 3 rings (SSSR count). The maximum atomic E-state index is 12.4. The van der Waals surface area contributed by atoms with E-state index in [0.29, 0.717) is 17.1 Å². The quantitative estimate of drug-likeness (QED) is 0.837. The first-order chi connectivity index (χ1) is 11.4. The number of nitrogens with zero attached hydrogens (tertiary/aromatic N) is 4. The summed E-state index contributed by atoms with van der Waals surface area (Å²) in [6.07, 6.45) is 1.41. The molecule has 2 N–H and O–H groups in total. The topological polar surface area (TPSA) is 119 Å². The number of aliphatic carboxylic acids is 1. The number of anilines is 1. The van der Waals surface area contributed by atoms with Gasteiger partial charge >= 0.3 is 5.97 Å². The van der Waals surface area contributed by atoms with Crippen LogP contribution in [0.3, 0.4) is 0 Å². The van der Waals surface area contributed by atoms with E-state index in [1.807, 2.05) is 0 Å². The van der Waals surface area contributed by atoms with Gasteiger partial charge in [0, 0.05) is 5.69 Å². The molecule has 1 aromatic heterocycles. The monoisotopic (exact) mass is 331 g/mol. The number of carbonyl (C=O) groups is 2. The van der Waals surface area contributed by atoms with E-state index in [2.05, 4.69) is 20.8 Å². The summed E-state index contributed by atoms with van der Waals surface area (Å²) in [5.41, 5.74) is 0.518. The fourth-order valence-corrected chi connectivity index (χ4v) is 3.03. The van der Waals surface area contributed by atoms with Crippen LogP contribution in [0.2, 0.25) is 0 Å². The van der Waals surface area contributed by atoms with Crippen molar-refractivity contribution in [3.05, 3.63) is 24.5 Å². The van der Waals surface area contributed by atoms with Gasteiger partial charge in [0.2, 0.25) is 5.91 Å². The lowest BCUT2D eigenvalue weighted by Gasteiger charge is -2.11. The third-order valence-corrected chi connectivity index (χ3v) is 4.42. The number of ether oxygens (including phenoxy) is 1. The molecule has 1 saturated carbocycles. The minimum absolute atomic E-state index is 0.319. The highest BCUT2D eigenvalue weighted by atomic mass is 16.5. The van der Waals surface area contributed by atoms with Crippen LogP contribution in [0.1, 0.15) is 13.8 Å². The molecule has 0 aliphatic heterocycles. The Bertz CT molecular complexity index is 787. The second-order valence-electron chi connectivity index (χ2n) is 6.25. The highest BCUT2D eigenvalue weighted by molar-refractivity contribution is 5.99. The molecular formula is C15H17N5O4. The standard InChI is InChI=1S/C15H17N5O4/c1-15(2)11(12(15)14(22)23)13(21)17-8-4-5-10(24-3)9(6-8)20-7-16-18-19-20/h4-7,11-12H,1-3H3,(H,17,21)(H,22,23). The SMILES string of the molecule is COc1ccc(NC(=O)C2C(C(=O)O)C2(C)C)cc1-n1cnnn1. The van der Waals surface area contributed by atoms with Crippen LogP contribution in [0, 0.1) is 17.3 Å². The zero-order chi connectivity index (χ0) is 17.5. The maximum absolute atomic E-state index is 12.4. The van der Waals surface area contributed by atoms with Gasteiger partial charge in [0.05, 0.1) is 18.9 Å². The van der Waals surface area contributed by atoms with Crippen molar-refractivity contribution < 1.29 is 19.4 Å². The van der Waals surface area contributed by atoms with Gasteiger partial charge < -0.3 is 15.2 Å². The molecule has 2 atom stereocenters. The van der Waals surface area contributed by atoms with E-state index in [9.17, 15) is 14.7 Å². The average Bonchev–Trinajstić information content (AvgIpc) is 2.89. The summed E-state index contributed by atoms with van der Waals surface area (Å²) in [4.78, 5) is 23.6. The number of methoxy groups -OCH3 is 1. The van der Waals surface area contributed by atoms with Crippen LogP contribution >= 0.6 is 0 Å². The lowest BCUT2D eigenvalue weighted by atomic mass is 10.1. The molecule has 2 unspecified atom stereocenters. The van der Waals surface area contributed by atoms with E-state index >= 15 is 0 Å². The molecule has 1 aliphatic carbocycles. The first-order valence-electron chi connectivity index (χ1n) is 7.31. The van der Waals surface area contributed by atoms with Gasteiger partial charge in [-0.2, -0.15) is 4.68 Å². The van der Waals surface area contributed by atoms with Gasteiger partial charge in [-0.25, -0.2) is 0 Å². The first-order valence-corrected chi connectivity index (χ1v) is 7.31. The van der Waals surface area contributed by atoms with E-state index < -0.39 is 23.2 Å². The Kier molecular flexibility index (Phi) is 3.70. The van der Waals surface area contributed by atoms with Crippen LogP contribution in [0.15, 0.2) is 24.5 Å². The number of carboxylic acid groups (broad SMARTS) is 1. The number of hydrogen-bond acceptors (Lipinski definition) is 6. The van der Waals surface area contributed by atoms with E-state index in [1.54, 1.807) is 32.0 Å². The minimum atomic E-state index is -0.954. The number of hydrogen-bond donors (Lipinski definition) is 2. The summed E-state index contributed by atoms with van der Waals surface area (Å²) in [5, 5.41) is 22.9. The molecule has 126 valence electrons. The number of carbonyl (C=O) groups excluding carboxylic acids is 1. The summed E-state index contributed by atoms with van der Waals surface area (Å²) in [6, 6.07) is 5.02. The van der Waals surface area contributed by atoms with Gasteiger partial charge in [0.1, 0.15) is 17.8 Å². The lowest BCUT2D eigenvalue weighted by Crippen LogP contribution is -2.18. The number of carboxylic acids is 1. The highest BCUT2D eigenvalue weighted by Gasteiger charge is 2.65. The van der Waals surface area contributed by atoms with E-state index in [1.165, 1.54) is 18.1 Å². The van der Waals surface area contributed by atoms with Gasteiger partial charge in [-0.1, -0.05) is 13.8 Å². The van der Waals surface area contributed by atoms with Crippen molar-refractivity contribution in [1.29, 1.82) is 0 Å². The Labute approximate surface area is 137 Å².